The Morgan fingerprint density at radius 2 is 1.92 bits per heavy atom. The Morgan fingerprint density at radius 3 is 2.58 bits per heavy atom. The van der Waals surface area contributed by atoms with Crippen LogP contribution < -0.4 is 9.21 Å². The van der Waals surface area contributed by atoms with Crippen molar-refractivity contribution in [2.75, 3.05) is 22.0 Å². The Bertz CT molecular complexity index is 959. The van der Waals surface area contributed by atoms with Crippen LogP contribution in [0.4, 0.5) is 11.4 Å². The third kappa shape index (κ3) is 3.44. The molecule has 0 N–H and O–H groups in total. The molecule has 0 aromatic heterocycles. The molecule has 5 nitrogen and oxygen atoms in total. The first kappa shape index (κ1) is 18.7. The van der Waals surface area contributed by atoms with Gasteiger partial charge < -0.3 is 4.90 Å². The lowest BCUT2D eigenvalue weighted by atomic mass is 10.1. The summed E-state index contributed by atoms with van der Waals surface area (Å²) in [7, 11) is -3.67. The highest BCUT2D eigenvalue weighted by Gasteiger charge is 2.35. The van der Waals surface area contributed by atoms with Crippen LogP contribution in [0, 0.1) is 6.92 Å². The molecule has 0 spiro atoms. The zero-order chi connectivity index (χ0) is 19.1. The Hall–Kier alpha value is -2.05. The summed E-state index contributed by atoms with van der Waals surface area (Å²) >= 11 is 6.17. The molecule has 3 rings (SSSR count). The topological polar surface area (TPSA) is 57.7 Å². The van der Waals surface area contributed by atoms with E-state index in [1.54, 1.807) is 30.0 Å². The van der Waals surface area contributed by atoms with Crippen LogP contribution in [-0.2, 0) is 21.2 Å². The number of amides is 1. The summed E-state index contributed by atoms with van der Waals surface area (Å²) in [6.45, 7) is 4.00. The van der Waals surface area contributed by atoms with Gasteiger partial charge in [-0.3, -0.25) is 9.10 Å². The van der Waals surface area contributed by atoms with Gasteiger partial charge in [-0.25, -0.2) is 8.42 Å². The first-order valence-electron chi connectivity index (χ1n) is 8.35. The maximum absolute atomic E-state index is 13.1. The number of carbonyl (C=O) groups excluding carboxylic acids is 1. The second-order valence-electron chi connectivity index (χ2n) is 6.54. The van der Waals surface area contributed by atoms with Gasteiger partial charge in [0.05, 0.1) is 11.9 Å². The average Bonchev–Trinajstić information content (AvgIpc) is 3.00. The largest absolute Gasteiger partial charge is 0.310 e. The summed E-state index contributed by atoms with van der Waals surface area (Å²) in [5, 5.41) is 0.460. The van der Waals surface area contributed by atoms with Crippen LogP contribution in [0.3, 0.4) is 0 Å². The predicted molar refractivity (Wildman–Crippen MR) is 105 cm³/mol. The zero-order valence-corrected chi connectivity index (χ0v) is 16.5. The Kier molecular flexibility index (Phi) is 4.99. The number of carbonyl (C=O) groups is 1. The smallest absolute Gasteiger partial charge is 0.250 e. The number of aryl methyl sites for hydroxylation is 1. The van der Waals surface area contributed by atoms with Crippen molar-refractivity contribution in [3.05, 3.63) is 58.6 Å². The van der Waals surface area contributed by atoms with Crippen LogP contribution in [-0.4, -0.2) is 33.2 Å². The number of sulfonamides is 1. The molecule has 0 bridgehead atoms. The Balaban J connectivity index is 1.97. The van der Waals surface area contributed by atoms with Gasteiger partial charge in [0.1, 0.15) is 6.04 Å². The highest BCUT2D eigenvalue weighted by atomic mass is 35.5. The number of halogens is 1. The molecule has 2 aromatic rings. The number of rotatable bonds is 4. The standard InChI is InChI=1S/C19H21ClN2O3S/c1-13-8-9-16(12-17(13)20)22(26(3,24)25)14(2)19(23)21-11-10-15-6-4-5-7-18(15)21/h4-9,12,14H,10-11H2,1-3H3/t14-/m0/s1. The second kappa shape index (κ2) is 6.93. The number of nitrogens with zero attached hydrogens (tertiary/aromatic N) is 2. The predicted octanol–water partition coefficient (Wildman–Crippen LogP) is 3.39. The second-order valence-corrected chi connectivity index (χ2v) is 8.80. The highest BCUT2D eigenvalue weighted by Crippen LogP contribution is 2.31. The number of anilines is 2. The van der Waals surface area contributed by atoms with Crippen molar-refractivity contribution < 1.29 is 13.2 Å². The van der Waals surface area contributed by atoms with Crippen molar-refractivity contribution in [2.45, 2.75) is 26.3 Å². The summed E-state index contributed by atoms with van der Waals surface area (Å²) in [5.74, 6) is -0.253. The fourth-order valence-electron chi connectivity index (χ4n) is 3.31. The van der Waals surface area contributed by atoms with Gasteiger partial charge in [-0.2, -0.15) is 0 Å². The van der Waals surface area contributed by atoms with Crippen molar-refractivity contribution in [1.82, 2.24) is 0 Å². The molecule has 1 amide bonds. The maximum Gasteiger partial charge on any atom is 0.250 e. The van der Waals surface area contributed by atoms with Gasteiger partial charge in [-0.1, -0.05) is 35.9 Å². The van der Waals surface area contributed by atoms with Crippen LogP contribution in [0.1, 0.15) is 18.1 Å². The average molecular weight is 393 g/mol. The Labute approximate surface area is 159 Å². The molecule has 2 aromatic carbocycles. The molecule has 0 fully saturated rings. The van der Waals surface area contributed by atoms with Gasteiger partial charge in [-0.05, 0) is 49.6 Å². The van der Waals surface area contributed by atoms with E-state index in [9.17, 15) is 13.2 Å². The van der Waals surface area contributed by atoms with E-state index in [0.717, 1.165) is 33.8 Å². The summed E-state index contributed by atoms with van der Waals surface area (Å²) in [6.07, 6.45) is 1.87. The van der Waals surface area contributed by atoms with E-state index in [4.69, 9.17) is 11.6 Å². The molecule has 0 saturated heterocycles. The van der Waals surface area contributed by atoms with Crippen LogP contribution in [0.2, 0.25) is 5.02 Å². The van der Waals surface area contributed by atoms with Crippen LogP contribution in [0.25, 0.3) is 0 Å². The molecular formula is C19H21ClN2O3S. The van der Waals surface area contributed by atoms with Crippen LogP contribution in [0.5, 0.6) is 0 Å². The zero-order valence-electron chi connectivity index (χ0n) is 14.9. The first-order valence-corrected chi connectivity index (χ1v) is 10.6. The van der Waals surface area contributed by atoms with Crippen LogP contribution in [0.15, 0.2) is 42.5 Å². The fourth-order valence-corrected chi connectivity index (χ4v) is 4.65. The lowest BCUT2D eigenvalue weighted by Crippen LogP contribution is -2.49. The summed E-state index contributed by atoms with van der Waals surface area (Å²) in [4.78, 5) is 14.8. The number of hydrogen-bond donors (Lipinski definition) is 0. The molecule has 0 aliphatic carbocycles. The number of benzene rings is 2. The lowest BCUT2D eigenvalue weighted by Gasteiger charge is -2.31. The van der Waals surface area contributed by atoms with E-state index in [-0.39, 0.29) is 5.91 Å². The van der Waals surface area contributed by atoms with Crippen molar-refractivity contribution in [3.8, 4) is 0 Å². The lowest BCUT2D eigenvalue weighted by molar-refractivity contribution is -0.119. The van der Waals surface area contributed by atoms with Crippen molar-refractivity contribution in [3.63, 3.8) is 0 Å². The van der Waals surface area contributed by atoms with E-state index in [1.807, 2.05) is 31.2 Å². The van der Waals surface area contributed by atoms with E-state index in [0.29, 0.717) is 17.3 Å². The monoisotopic (exact) mass is 392 g/mol. The minimum absolute atomic E-state index is 0.253. The van der Waals surface area contributed by atoms with Gasteiger partial charge in [0.15, 0.2) is 0 Å². The fraction of sp³-hybridized carbons (Fsp3) is 0.316. The summed E-state index contributed by atoms with van der Waals surface area (Å²) in [5.41, 5.74) is 3.17. The van der Waals surface area contributed by atoms with E-state index >= 15 is 0 Å². The molecule has 1 aliphatic rings. The maximum atomic E-state index is 13.1. The molecule has 1 aliphatic heterocycles. The molecular weight excluding hydrogens is 372 g/mol. The van der Waals surface area contributed by atoms with Gasteiger partial charge in [0.25, 0.3) is 5.91 Å². The molecule has 1 atom stereocenters. The summed E-state index contributed by atoms with van der Waals surface area (Å²) in [6, 6.07) is 11.8. The van der Waals surface area contributed by atoms with Crippen molar-refractivity contribution >= 4 is 38.9 Å². The third-order valence-electron chi connectivity index (χ3n) is 4.63. The number of hydrogen-bond acceptors (Lipinski definition) is 3. The number of fused-ring (bicyclic) bond motifs is 1. The molecule has 7 heteroatoms. The normalized spacial score (nSPS) is 14.8. The number of para-hydroxylation sites is 1. The minimum Gasteiger partial charge on any atom is -0.310 e. The van der Waals surface area contributed by atoms with Gasteiger partial charge in [0.2, 0.25) is 10.0 Å². The molecule has 138 valence electrons. The van der Waals surface area contributed by atoms with Gasteiger partial charge >= 0.3 is 0 Å². The van der Waals surface area contributed by atoms with Crippen molar-refractivity contribution in [2.24, 2.45) is 0 Å². The van der Waals surface area contributed by atoms with E-state index in [2.05, 4.69) is 0 Å². The molecule has 0 radical (unpaired) electrons. The van der Waals surface area contributed by atoms with E-state index < -0.39 is 16.1 Å². The molecule has 0 unspecified atom stereocenters. The van der Waals surface area contributed by atoms with E-state index in [1.165, 1.54) is 0 Å². The third-order valence-corrected chi connectivity index (χ3v) is 6.28. The summed E-state index contributed by atoms with van der Waals surface area (Å²) < 4.78 is 26.0. The quantitative estimate of drug-likeness (QED) is 0.801. The van der Waals surface area contributed by atoms with Gasteiger partial charge in [0, 0.05) is 17.3 Å². The SMILES string of the molecule is Cc1ccc(N([C@@H](C)C(=O)N2CCc3ccccc32)S(C)(=O)=O)cc1Cl. The first-order chi connectivity index (χ1) is 12.2. The highest BCUT2D eigenvalue weighted by molar-refractivity contribution is 7.92. The minimum atomic E-state index is -3.67. The van der Waals surface area contributed by atoms with Crippen LogP contribution >= 0.6 is 11.6 Å². The van der Waals surface area contributed by atoms with Gasteiger partial charge in [-0.15, -0.1) is 0 Å². The molecule has 0 saturated carbocycles. The molecule has 26 heavy (non-hydrogen) atoms. The molecule has 1 heterocycles. The Morgan fingerprint density at radius 1 is 1.23 bits per heavy atom. The van der Waals surface area contributed by atoms with Crippen molar-refractivity contribution in [1.29, 1.82) is 0 Å².